The van der Waals surface area contributed by atoms with Crippen LogP contribution >= 0.6 is 0 Å². The topological polar surface area (TPSA) is 54.4 Å². The molecule has 27 heavy (non-hydrogen) atoms. The van der Waals surface area contributed by atoms with Crippen LogP contribution in [0.15, 0.2) is 71.3 Å². The highest BCUT2D eigenvalue weighted by Gasteiger charge is 2.17. The number of aromatic nitrogens is 2. The molecule has 1 N–H and O–H groups in total. The van der Waals surface area contributed by atoms with Crippen molar-refractivity contribution in [2.24, 2.45) is 0 Å². The van der Waals surface area contributed by atoms with Crippen molar-refractivity contribution in [2.75, 3.05) is 20.2 Å². The first kappa shape index (κ1) is 17.5. The van der Waals surface area contributed by atoms with E-state index in [1.54, 1.807) is 0 Å². The van der Waals surface area contributed by atoms with E-state index in [9.17, 15) is 5.11 Å². The maximum atomic E-state index is 9.22. The summed E-state index contributed by atoms with van der Waals surface area (Å²) in [6.07, 6.45) is 2.07. The van der Waals surface area contributed by atoms with E-state index in [1.807, 2.05) is 60.3 Å². The Kier molecular flexibility index (Phi) is 5.05. The van der Waals surface area contributed by atoms with Gasteiger partial charge in [0.2, 0.25) is 0 Å². The number of hydrogen-bond acceptors (Lipinski definition) is 4. The summed E-state index contributed by atoms with van der Waals surface area (Å²) < 4.78 is 8.01. The summed E-state index contributed by atoms with van der Waals surface area (Å²) in [7, 11) is 1.99. The van der Waals surface area contributed by atoms with E-state index in [0.29, 0.717) is 19.6 Å². The molecule has 0 atom stereocenters. The standard InChI is InChI=1S/C22H23N3O2/c1-24(11-12-26)15-19-16-25(14-17-7-3-2-4-8-17)23-22(19)21-13-18-9-5-6-10-20(18)27-21/h2-10,13,16,26H,11-12,14-15H2,1H3. The van der Waals surface area contributed by atoms with Crippen LogP contribution in [-0.4, -0.2) is 40.0 Å². The highest BCUT2D eigenvalue weighted by molar-refractivity contribution is 5.82. The van der Waals surface area contributed by atoms with Crippen molar-refractivity contribution >= 4 is 11.0 Å². The van der Waals surface area contributed by atoms with Crippen LogP contribution in [-0.2, 0) is 13.1 Å². The molecular weight excluding hydrogens is 338 g/mol. The van der Waals surface area contributed by atoms with Crippen LogP contribution in [0.3, 0.4) is 0 Å². The number of para-hydroxylation sites is 1. The molecule has 2 heterocycles. The van der Waals surface area contributed by atoms with E-state index in [0.717, 1.165) is 28.0 Å². The Morgan fingerprint density at radius 3 is 2.63 bits per heavy atom. The lowest BCUT2D eigenvalue weighted by Gasteiger charge is -2.14. The van der Waals surface area contributed by atoms with Gasteiger partial charge in [0.1, 0.15) is 11.3 Å². The number of furan rings is 1. The number of fused-ring (bicyclic) bond motifs is 1. The van der Waals surface area contributed by atoms with Crippen molar-refractivity contribution in [2.45, 2.75) is 13.1 Å². The Morgan fingerprint density at radius 2 is 1.85 bits per heavy atom. The quantitative estimate of drug-likeness (QED) is 0.544. The van der Waals surface area contributed by atoms with Gasteiger partial charge in [-0.1, -0.05) is 48.5 Å². The van der Waals surface area contributed by atoms with Gasteiger partial charge in [-0.3, -0.25) is 9.58 Å². The number of rotatable bonds is 7. The number of aliphatic hydroxyl groups excluding tert-OH is 1. The number of likely N-dealkylation sites (N-methyl/N-ethyl adjacent to an activating group) is 1. The molecule has 4 aromatic rings. The Balaban J connectivity index is 1.70. The van der Waals surface area contributed by atoms with E-state index >= 15 is 0 Å². The molecule has 2 aromatic heterocycles. The van der Waals surface area contributed by atoms with E-state index in [1.165, 1.54) is 5.56 Å². The summed E-state index contributed by atoms with van der Waals surface area (Å²) >= 11 is 0. The smallest absolute Gasteiger partial charge is 0.156 e. The zero-order valence-electron chi connectivity index (χ0n) is 15.4. The van der Waals surface area contributed by atoms with Gasteiger partial charge in [-0.05, 0) is 24.7 Å². The Hall–Kier alpha value is -2.89. The average molecular weight is 361 g/mol. The second-order valence-corrected chi connectivity index (χ2v) is 6.80. The van der Waals surface area contributed by atoms with Crippen molar-refractivity contribution in [3.05, 3.63) is 78.0 Å². The molecule has 0 aliphatic heterocycles. The fourth-order valence-corrected chi connectivity index (χ4v) is 3.28. The minimum Gasteiger partial charge on any atom is -0.454 e. The van der Waals surface area contributed by atoms with Crippen molar-refractivity contribution in [3.63, 3.8) is 0 Å². The molecule has 4 rings (SSSR count). The van der Waals surface area contributed by atoms with Gasteiger partial charge in [-0.15, -0.1) is 0 Å². The molecule has 138 valence electrons. The number of nitrogens with zero attached hydrogens (tertiary/aromatic N) is 3. The summed E-state index contributed by atoms with van der Waals surface area (Å²) in [5, 5.41) is 15.1. The molecule has 0 unspecified atom stereocenters. The average Bonchev–Trinajstić information content (AvgIpc) is 3.26. The second-order valence-electron chi connectivity index (χ2n) is 6.80. The van der Waals surface area contributed by atoms with Gasteiger partial charge in [0.05, 0.1) is 13.2 Å². The van der Waals surface area contributed by atoms with Gasteiger partial charge in [-0.2, -0.15) is 5.10 Å². The molecule has 0 saturated carbocycles. The molecule has 0 radical (unpaired) electrons. The molecule has 2 aromatic carbocycles. The van der Waals surface area contributed by atoms with Gasteiger partial charge < -0.3 is 9.52 Å². The Labute approximate surface area is 158 Å². The van der Waals surface area contributed by atoms with Gasteiger partial charge >= 0.3 is 0 Å². The van der Waals surface area contributed by atoms with E-state index in [-0.39, 0.29) is 6.61 Å². The third kappa shape index (κ3) is 3.94. The minimum absolute atomic E-state index is 0.134. The zero-order chi connectivity index (χ0) is 18.6. The second kappa shape index (κ2) is 7.78. The highest BCUT2D eigenvalue weighted by atomic mass is 16.3. The fourth-order valence-electron chi connectivity index (χ4n) is 3.28. The summed E-state index contributed by atoms with van der Waals surface area (Å²) in [4.78, 5) is 2.08. The summed E-state index contributed by atoms with van der Waals surface area (Å²) in [6, 6.07) is 20.3. The highest BCUT2D eigenvalue weighted by Crippen LogP contribution is 2.29. The van der Waals surface area contributed by atoms with Crippen LogP contribution in [0.1, 0.15) is 11.1 Å². The maximum Gasteiger partial charge on any atom is 0.156 e. The maximum absolute atomic E-state index is 9.22. The number of aliphatic hydroxyl groups is 1. The van der Waals surface area contributed by atoms with Crippen molar-refractivity contribution in [1.82, 2.24) is 14.7 Å². The van der Waals surface area contributed by atoms with Gasteiger partial charge in [0.25, 0.3) is 0 Å². The normalized spacial score (nSPS) is 11.5. The van der Waals surface area contributed by atoms with Crippen molar-refractivity contribution < 1.29 is 9.52 Å². The molecule has 5 nitrogen and oxygen atoms in total. The Bertz CT molecular complexity index is 987. The first-order valence-electron chi connectivity index (χ1n) is 9.11. The molecule has 0 amide bonds. The lowest BCUT2D eigenvalue weighted by Crippen LogP contribution is -2.21. The van der Waals surface area contributed by atoms with Crippen molar-refractivity contribution in [1.29, 1.82) is 0 Å². The summed E-state index contributed by atoms with van der Waals surface area (Å²) in [5.41, 5.74) is 4.00. The van der Waals surface area contributed by atoms with E-state index in [4.69, 9.17) is 9.52 Å². The minimum atomic E-state index is 0.134. The Morgan fingerprint density at radius 1 is 1.07 bits per heavy atom. The molecule has 0 saturated heterocycles. The summed E-state index contributed by atoms with van der Waals surface area (Å²) in [6.45, 7) is 2.15. The molecule has 0 aliphatic rings. The summed E-state index contributed by atoms with van der Waals surface area (Å²) in [5.74, 6) is 0.774. The van der Waals surface area contributed by atoms with Gasteiger partial charge in [0, 0.05) is 30.2 Å². The number of benzene rings is 2. The van der Waals surface area contributed by atoms with Crippen LogP contribution in [0.4, 0.5) is 0 Å². The fraction of sp³-hybridized carbons (Fsp3) is 0.227. The molecule has 0 fully saturated rings. The van der Waals surface area contributed by atoms with Crippen LogP contribution < -0.4 is 0 Å². The van der Waals surface area contributed by atoms with Gasteiger partial charge in [0.15, 0.2) is 5.76 Å². The molecule has 5 heteroatoms. The van der Waals surface area contributed by atoms with E-state index < -0.39 is 0 Å². The first-order chi connectivity index (χ1) is 13.2. The third-order valence-corrected chi connectivity index (χ3v) is 4.61. The predicted octanol–water partition coefficient (Wildman–Crippen LogP) is 3.77. The molecular formula is C22H23N3O2. The van der Waals surface area contributed by atoms with Crippen LogP contribution in [0, 0.1) is 0 Å². The molecule has 0 spiro atoms. The van der Waals surface area contributed by atoms with Gasteiger partial charge in [-0.25, -0.2) is 0 Å². The zero-order valence-corrected chi connectivity index (χ0v) is 15.4. The van der Waals surface area contributed by atoms with Crippen LogP contribution in [0.5, 0.6) is 0 Å². The first-order valence-corrected chi connectivity index (χ1v) is 9.11. The largest absolute Gasteiger partial charge is 0.454 e. The monoisotopic (exact) mass is 361 g/mol. The third-order valence-electron chi connectivity index (χ3n) is 4.61. The SMILES string of the molecule is CN(CCO)Cc1cn(Cc2ccccc2)nc1-c1cc2ccccc2o1. The van der Waals surface area contributed by atoms with E-state index in [2.05, 4.69) is 23.2 Å². The van der Waals surface area contributed by atoms with Crippen LogP contribution in [0.2, 0.25) is 0 Å². The molecule has 0 bridgehead atoms. The van der Waals surface area contributed by atoms with Crippen LogP contribution in [0.25, 0.3) is 22.4 Å². The number of hydrogen-bond donors (Lipinski definition) is 1. The lowest BCUT2D eigenvalue weighted by atomic mass is 10.2. The van der Waals surface area contributed by atoms with Crippen molar-refractivity contribution in [3.8, 4) is 11.5 Å². The molecule has 0 aliphatic carbocycles. The predicted molar refractivity (Wildman–Crippen MR) is 106 cm³/mol. The lowest BCUT2D eigenvalue weighted by molar-refractivity contribution is 0.217.